The van der Waals surface area contributed by atoms with Gasteiger partial charge in [-0.1, -0.05) is 25.5 Å². The summed E-state index contributed by atoms with van der Waals surface area (Å²) in [5.74, 6) is -0.179. The fraction of sp³-hybridized carbons (Fsp3) is 0.407. The predicted octanol–water partition coefficient (Wildman–Crippen LogP) is 3.96. The van der Waals surface area contributed by atoms with Crippen molar-refractivity contribution in [3.63, 3.8) is 0 Å². The number of Topliss-reactive ketones (excluding diaryl/α,β-unsaturated/α-hetero) is 1. The molecule has 0 aliphatic carbocycles. The van der Waals surface area contributed by atoms with Crippen molar-refractivity contribution >= 4 is 17.4 Å². The number of carbonyl (C=O) groups is 2. The molecule has 3 rings (SSSR count). The lowest BCUT2D eigenvalue weighted by atomic mass is 9.94. The molecule has 1 aliphatic heterocycles. The van der Waals surface area contributed by atoms with E-state index in [0.717, 1.165) is 12.8 Å². The molecule has 2 aromatic rings. The maximum Gasteiger partial charge on any atom is 0.295 e. The lowest BCUT2D eigenvalue weighted by Gasteiger charge is -2.26. The number of methoxy groups -OCH3 is 4. The highest BCUT2D eigenvalue weighted by Crippen LogP contribution is 2.45. The molecule has 9 heteroatoms. The second kappa shape index (κ2) is 12.3. The normalized spacial score (nSPS) is 16.8. The Morgan fingerprint density at radius 3 is 2.25 bits per heavy atom. The number of nitrogens with zero attached hydrogens (tertiary/aromatic N) is 1. The van der Waals surface area contributed by atoms with E-state index in [9.17, 15) is 14.7 Å². The van der Waals surface area contributed by atoms with Crippen LogP contribution < -0.4 is 18.9 Å². The molecule has 0 aromatic heterocycles. The van der Waals surface area contributed by atoms with E-state index in [0.29, 0.717) is 40.7 Å². The fourth-order valence-corrected chi connectivity index (χ4v) is 4.13. The van der Waals surface area contributed by atoms with Gasteiger partial charge in [-0.2, -0.15) is 0 Å². The molecule has 1 heterocycles. The molecule has 0 radical (unpaired) electrons. The third-order valence-electron chi connectivity index (χ3n) is 5.95. The van der Waals surface area contributed by atoms with Gasteiger partial charge >= 0.3 is 0 Å². The third kappa shape index (κ3) is 5.41. The minimum Gasteiger partial charge on any atom is -0.507 e. The van der Waals surface area contributed by atoms with Crippen molar-refractivity contribution in [2.75, 3.05) is 48.2 Å². The highest BCUT2D eigenvalue weighted by Gasteiger charge is 2.46. The standard InChI is InChI=1S/C27H33NO8/c1-6-7-12-36-19-10-8-9-17(14-19)24(29)22-23(28(11-13-32-2)27(31)25(22)30)18-15-20(33-3)26(35-5)21(16-18)34-4/h8-10,14-16,23,29H,6-7,11-13H2,1-5H3/b24-22+. The number of aliphatic hydroxyl groups excluding tert-OH is 1. The quantitative estimate of drug-likeness (QED) is 0.203. The van der Waals surface area contributed by atoms with Gasteiger partial charge in [-0.25, -0.2) is 0 Å². The van der Waals surface area contributed by atoms with Crippen molar-refractivity contribution in [1.29, 1.82) is 0 Å². The van der Waals surface area contributed by atoms with Gasteiger partial charge in [0.15, 0.2) is 11.5 Å². The maximum atomic E-state index is 13.2. The molecule has 1 saturated heterocycles. The molecule has 1 aliphatic rings. The van der Waals surface area contributed by atoms with Gasteiger partial charge in [0, 0.05) is 19.2 Å². The van der Waals surface area contributed by atoms with Crippen molar-refractivity contribution in [3.8, 4) is 23.0 Å². The fourth-order valence-electron chi connectivity index (χ4n) is 4.13. The van der Waals surface area contributed by atoms with Gasteiger partial charge in [-0.15, -0.1) is 0 Å². The summed E-state index contributed by atoms with van der Waals surface area (Å²) in [7, 11) is 5.95. The predicted molar refractivity (Wildman–Crippen MR) is 134 cm³/mol. The second-order valence-electron chi connectivity index (χ2n) is 8.17. The number of unbranched alkanes of at least 4 members (excludes halogenated alkanes) is 1. The lowest BCUT2D eigenvalue weighted by Crippen LogP contribution is -2.32. The summed E-state index contributed by atoms with van der Waals surface area (Å²) >= 11 is 0. The summed E-state index contributed by atoms with van der Waals surface area (Å²) in [6, 6.07) is 9.24. The number of aliphatic hydroxyl groups is 1. The molecule has 1 atom stereocenters. The van der Waals surface area contributed by atoms with Crippen LogP contribution in [-0.4, -0.2) is 69.9 Å². The van der Waals surface area contributed by atoms with Crippen LogP contribution in [0.3, 0.4) is 0 Å². The highest BCUT2D eigenvalue weighted by molar-refractivity contribution is 6.46. The van der Waals surface area contributed by atoms with Crippen molar-refractivity contribution < 1.29 is 38.4 Å². The summed E-state index contributed by atoms with van der Waals surface area (Å²) < 4.78 is 27.3. The van der Waals surface area contributed by atoms with Gasteiger partial charge in [0.2, 0.25) is 5.75 Å². The first-order chi connectivity index (χ1) is 17.4. The highest BCUT2D eigenvalue weighted by atomic mass is 16.5. The summed E-state index contributed by atoms with van der Waals surface area (Å²) in [4.78, 5) is 27.7. The molecule has 9 nitrogen and oxygen atoms in total. The summed E-state index contributed by atoms with van der Waals surface area (Å²) in [5, 5.41) is 11.3. The molecule has 0 bridgehead atoms. The van der Waals surface area contributed by atoms with Crippen LogP contribution in [0.1, 0.15) is 36.9 Å². The van der Waals surface area contributed by atoms with Crippen LogP contribution in [0.2, 0.25) is 0 Å². The number of benzene rings is 2. The van der Waals surface area contributed by atoms with E-state index in [1.54, 1.807) is 36.4 Å². The molecule has 1 fully saturated rings. The lowest BCUT2D eigenvalue weighted by molar-refractivity contribution is -0.140. The molecular weight excluding hydrogens is 466 g/mol. The van der Waals surface area contributed by atoms with E-state index in [1.807, 2.05) is 0 Å². The minimum atomic E-state index is -0.904. The Hall–Kier alpha value is -3.72. The van der Waals surface area contributed by atoms with E-state index < -0.39 is 17.7 Å². The van der Waals surface area contributed by atoms with E-state index in [2.05, 4.69) is 6.92 Å². The monoisotopic (exact) mass is 499 g/mol. The zero-order valence-electron chi connectivity index (χ0n) is 21.3. The molecule has 0 saturated carbocycles. The summed E-state index contributed by atoms with van der Waals surface area (Å²) in [6.45, 7) is 2.94. The second-order valence-corrected chi connectivity index (χ2v) is 8.17. The number of ether oxygens (including phenoxy) is 5. The molecule has 194 valence electrons. The van der Waals surface area contributed by atoms with E-state index in [-0.39, 0.29) is 24.5 Å². The SMILES string of the molecule is CCCCOc1cccc(/C(O)=C2\C(=O)C(=O)N(CCOC)C2c2cc(OC)c(OC)c(OC)c2)c1. The number of rotatable bonds is 12. The van der Waals surface area contributed by atoms with Gasteiger partial charge in [0.1, 0.15) is 11.5 Å². The summed E-state index contributed by atoms with van der Waals surface area (Å²) in [5.41, 5.74) is 0.832. The molecule has 36 heavy (non-hydrogen) atoms. The van der Waals surface area contributed by atoms with Crippen LogP contribution in [0, 0.1) is 0 Å². The van der Waals surface area contributed by atoms with Crippen LogP contribution in [0.5, 0.6) is 23.0 Å². The molecule has 2 aromatic carbocycles. The van der Waals surface area contributed by atoms with Crippen LogP contribution >= 0.6 is 0 Å². The Kier molecular flexibility index (Phi) is 9.19. The first kappa shape index (κ1) is 26.9. The van der Waals surface area contributed by atoms with Crippen LogP contribution in [0.15, 0.2) is 42.0 Å². The van der Waals surface area contributed by atoms with Gasteiger partial charge in [0.25, 0.3) is 11.7 Å². The van der Waals surface area contributed by atoms with Crippen LogP contribution in [-0.2, 0) is 14.3 Å². The van der Waals surface area contributed by atoms with Crippen molar-refractivity contribution in [2.45, 2.75) is 25.8 Å². The number of ketones is 1. The van der Waals surface area contributed by atoms with Crippen molar-refractivity contribution in [3.05, 3.63) is 53.1 Å². The number of likely N-dealkylation sites (tertiary alicyclic amines) is 1. The first-order valence-corrected chi connectivity index (χ1v) is 11.7. The van der Waals surface area contributed by atoms with Crippen molar-refractivity contribution in [1.82, 2.24) is 4.90 Å². The number of hydrogen-bond donors (Lipinski definition) is 1. The molecule has 1 amide bonds. The Balaban J connectivity index is 2.18. The van der Waals surface area contributed by atoms with E-state index in [4.69, 9.17) is 23.7 Å². The average Bonchev–Trinajstić information content (AvgIpc) is 3.15. The molecule has 1 unspecified atom stereocenters. The Labute approximate surface area is 211 Å². The topological polar surface area (TPSA) is 104 Å². The summed E-state index contributed by atoms with van der Waals surface area (Å²) in [6.07, 6.45) is 1.88. The zero-order chi connectivity index (χ0) is 26.2. The van der Waals surface area contributed by atoms with E-state index >= 15 is 0 Å². The average molecular weight is 500 g/mol. The van der Waals surface area contributed by atoms with Gasteiger partial charge in [-0.3, -0.25) is 9.59 Å². The van der Waals surface area contributed by atoms with Crippen LogP contribution in [0.4, 0.5) is 0 Å². The third-order valence-corrected chi connectivity index (χ3v) is 5.95. The van der Waals surface area contributed by atoms with Gasteiger partial charge < -0.3 is 33.7 Å². The molecular formula is C27H33NO8. The number of hydrogen-bond acceptors (Lipinski definition) is 8. The smallest absolute Gasteiger partial charge is 0.295 e. The first-order valence-electron chi connectivity index (χ1n) is 11.7. The Morgan fingerprint density at radius 1 is 0.972 bits per heavy atom. The number of carbonyl (C=O) groups excluding carboxylic acids is 2. The Morgan fingerprint density at radius 2 is 1.67 bits per heavy atom. The largest absolute Gasteiger partial charge is 0.507 e. The van der Waals surface area contributed by atoms with Gasteiger partial charge in [-0.05, 0) is 36.2 Å². The molecule has 1 N–H and O–H groups in total. The maximum absolute atomic E-state index is 13.2. The Bertz CT molecular complexity index is 1100. The van der Waals surface area contributed by atoms with Crippen LogP contribution in [0.25, 0.3) is 5.76 Å². The van der Waals surface area contributed by atoms with Crippen molar-refractivity contribution in [2.24, 2.45) is 0 Å². The minimum absolute atomic E-state index is 0.0453. The van der Waals surface area contributed by atoms with Gasteiger partial charge in [0.05, 0.1) is 46.2 Å². The molecule has 0 spiro atoms. The zero-order valence-corrected chi connectivity index (χ0v) is 21.3. The van der Waals surface area contributed by atoms with E-state index in [1.165, 1.54) is 33.3 Å². The number of amides is 1.